The second kappa shape index (κ2) is 4.97. The summed E-state index contributed by atoms with van der Waals surface area (Å²) in [6.07, 6.45) is 2.42. The van der Waals surface area contributed by atoms with Gasteiger partial charge in [-0.2, -0.15) is 0 Å². The minimum absolute atomic E-state index is 0.0177. The normalized spacial score (nSPS) is 11.9. The van der Waals surface area contributed by atoms with Gasteiger partial charge in [0, 0.05) is 30.6 Å². The number of carbonyl (C=O) groups is 1. The smallest absolute Gasteiger partial charge is 0.164 e. The average molecular weight is 273 g/mol. The zero-order valence-corrected chi connectivity index (χ0v) is 13.2. The lowest BCUT2D eigenvalue weighted by Crippen LogP contribution is -2.11. The average Bonchev–Trinajstić information content (AvgIpc) is 2.73. The van der Waals surface area contributed by atoms with Crippen molar-refractivity contribution < 1.29 is 9.53 Å². The summed E-state index contributed by atoms with van der Waals surface area (Å²) in [5, 5.41) is 0.989. The van der Waals surface area contributed by atoms with Crippen LogP contribution in [0.25, 0.3) is 10.9 Å². The van der Waals surface area contributed by atoms with Crippen LogP contribution < -0.4 is 4.74 Å². The summed E-state index contributed by atoms with van der Waals surface area (Å²) in [7, 11) is 3.63. The number of ketones is 1. The highest BCUT2D eigenvalue weighted by Gasteiger charge is 2.21. The van der Waals surface area contributed by atoms with Crippen molar-refractivity contribution >= 4 is 16.7 Å². The second-order valence-electron chi connectivity index (χ2n) is 6.26. The van der Waals surface area contributed by atoms with Crippen molar-refractivity contribution in [3.63, 3.8) is 0 Å². The molecule has 0 fully saturated rings. The van der Waals surface area contributed by atoms with E-state index in [1.807, 2.05) is 24.7 Å². The molecule has 0 saturated carbocycles. The number of hydrogen-bond acceptors (Lipinski definition) is 2. The maximum absolute atomic E-state index is 12.1. The number of fused-ring (bicyclic) bond motifs is 1. The van der Waals surface area contributed by atoms with Crippen LogP contribution in [-0.2, 0) is 12.5 Å². The molecule has 0 N–H and O–H groups in total. The van der Waals surface area contributed by atoms with Crippen LogP contribution in [0.1, 0.15) is 50.0 Å². The quantitative estimate of drug-likeness (QED) is 0.789. The molecule has 0 saturated heterocycles. The first-order valence-electron chi connectivity index (χ1n) is 7.00. The van der Waals surface area contributed by atoms with E-state index >= 15 is 0 Å². The van der Waals surface area contributed by atoms with E-state index in [0.29, 0.717) is 6.42 Å². The highest BCUT2D eigenvalue weighted by Crippen LogP contribution is 2.35. The number of hydrogen-bond donors (Lipinski definition) is 0. The molecule has 108 valence electrons. The SMILES string of the molecule is CCC(=O)c1cn(C)c2c(OC)cc(C(C)(C)C)cc12. The van der Waals surface area contributed by atoms with Gasteiger partial charge in [0.2, 0.25) is 0 Å². The van der Waals surface area contributed by atoms with Gasteiger partial charge >= 0.3 is 0 Å². The Hall–Kier alpha value is -1.77. The molecule has 0 bridgehead atoms. The number of aromatic nitrogens is 1. The van der Waals surface area contributed by atoms with Crippen molar-refractivity contribution in [1.82, 2.24) is 4.57 Å². The number of benzene rings is 1. The van der Waals surface area contributed by atoms with E-state index < -0.39 is 0 Å². The largest absolute Gasteiger partial charge is 0.495 e. The first-order chi connectivity index (χ1) is 9.29. The Balaban J connectivity index is 2.84. The Morgan fingerprint density at radius 1 is 1.30 bits per heavy atom. The van der Waals surface area contributed by atoms with E-state index in [2.05, 4.69) is 32.9 Å². The molecule has 2 rings (SSSR count). The molecule has 0 aliphatic carbocycles. The number of Topliss-reactive ketones (excluding diaryl/α,β-unsaturated/α-hetero) is 1. The maximum Gasteiger partial charge on any atom is 0.164 e. The predicted octanol–water partition coefficient (Wildman–Crippen LogP) is 4.08. The predicted molar refractivity (Wildman–Crippen MR) is 82.8 cm³/mol. The topological polar surface area (TPSA) is 31.2 Å². The molecule has 0 unspecified atom stereocenters. The van der Waals surface area contributed by atoms with E-state index in [-0.39, 0.29) is 11.2 Å². The summed E-state index contributed by atoms with van der Waals surface area (Å²) in [4.78, 5) is 12.1. The molecule has 3 heteroatoms. The lowest BCUT2D eigenvalue weighted by atomic mass is 9.85. The molecule has 0 aliphatic rings. The van der Waals surface area contributed by atoms with Crippen LogP contribution in [-0.4, -0.2) is 17.5 Å². The zero-order chi connectivity index (χ0) is 15.1. The van der Waals surface area contributed by atoms with Crippen LogP contribution in [0.4, 0.5) is 0 Å². The van der Waals surface area contributed by atoms with E-state index in [9.17, 15) is 4.79 Å². The first kappa shape index (κ1) is 14.6. The third-order valence-electron chi connectivity index (χ3n) is 3.75. The summed E-state index contributed by atoms with van der Waals surface area (Å²) in [5.41, 5.74) is 2.97. The van der Waals surface area contributed by atoms with Crippen molar-refractivity contribution in [2.75, 3.05) is 7.11 Å². The van der Waals surface area contributed by atoms with Gasteiger partial charge in [-0.1, -0.05) is 27.7 Å². The Morgan fingerprint density at radius 3 is 2.45 bits per heavy atom. The molecule has 0 spiro atoms. The summed E-state index contributed by atoms with van der Waals surface area (Å²) in [5.74, 6) is 0.994. The third kappa shape index (κ3) is 2.33. The number of carbonyl (C=O) groups excluding carboxylic acids is 1. The molecule has 0 atom stereocenters. The fourth-order valence-electron chi connectivity index (χ4n) is 2.51. The van der Waals surface area contributed by atoms with Crippen molar-refractivity contribution in [2.24, 2.45) is 7.05 Å². The van der Waals surface area contributed by atoms with Crippen molar-refractivity contribution in [3.8, 4) is 5.75 Å². The number of aryl methyl sites for hydroxylation is 1. The number of nitrogens with zero attached hydrogens (tertiary/aromatic N) is 1. The van der Waals surface area contributed by atoms with E-state index in [4.69, 9.17) is 4.74 Å². The lowest BCUT2D eigenvalue weighted by molar-refractivity contribution is 0.0989. The Kier molecular flexibility index (Phi) is 3.63. The third-order valence-corrected chi connectivity index (χ3v) is 3.75. The van der Waals surface area contributed by atoms with Gasteiger partial charge in [0.1, 0.15) is 5.75 Å². The monoisotopic (exact) mass is 273 g/mol. The fraction of sp³-hybridized carbons (Fsp3) is 0.471. The molecule has 0 radical (unpaired) electrons. The summed E-state index contributed by atoms with van der Waals surface area (Å²) in [6.45, 7) is 8.39. The number of ether oxygens (including phenoxy) is 1. The van der Waals surface area contributed by atoms with E-state index in [0.717, 1.165) is 22.2 Å². The van der Waals surface area contributed by atoms with Crippen molar-refractivity contribution in [1.29, 1.82) is 0 Å². The molecule has 0 amide bonds. The maximum atomic E-state index is 12.1. The van der Waals surface area contributed by atoms with Gasteiger partial charge in [-0.15, -0.1) is 0 Å². The fourth-order valence-corrected chi connectivity index (χ4v) is 2.51. The van der Waals surface area contributed by atoms with Crippen LogP contribution in [0.3, 0.4) is 0 Å². The van der Waals surface area contributed by atoms with Crippen molar-refractivity contribution in [3.05, 3.63) is 29.5 Å². The highest BCUT2D eigenvalue weighted by atomic mass is 16.5. The molecule has 20 heavy (non-hydrogen) atoms. The van der Waals surface area contributed by atoms with Crippen LogP contribution in [0.15, 0.2) is 18.3 Å². The standard InChI is InChI=1S/C17H23NO2/c1-7-14(19)13-10-18(5)16-12(13)8-11(17(2,3)4)9-15(16)20-6/h8-10H,7H2,1-6H3. The van der Waals surface area contributed by atoms with Gasteiger partial charge in [0.15, 0.2) is 5.78 Å². The summed E-state index contributed by atoms with van der Waals surface area (Å²) >= 11 is 0. The molecule has 1 aromatic heterocycles. The molecular formula is C17H23NO2. The highest BCUT2D eigenvalue weighted by molar-refractivity contribution is 6.09. The lowest BCUT2D eigenvalue weighted by Gasteiger charge is -2.20. The van der Waals surface area contributed by atoms with Crippen LogP contribution in [0.2, 0.25) is 0 Å². The molecule has 1 heterocycles. The first-order valence-corrected chi connectivity index (χ1v) is 7.00. The summed E-state index contributed by atoms with van der Waals surface area (Å²) in [6, 6.07) is 4.20. The second-order valence-corrected chi connectivity index (χ2v) is 6.26. The molecule has 3 nitrogen and oxygen atoms in total. The van der Waals surface area contributed by atoms with Crippen LogP contribution in [0.5, 0.6) is 5.75 Å². The van der Waals surface area contributed by atoms with Gasteiger partial charge < -0.3 is 9.30 Å². The Morgan fingerprint density at radius 2 is 1.95 bits per heavy atom. The van der Waals surface area contributed by atoms with Crippen molar-refractivity contribution in [2.45, 2.75) is 39.5 Å². The minimum Gasteiger partial charge on any atom is -0.495 e. The Bertz CT molecular complexity index is 660. The van der Waals surface area contributed by atoms with E-state index in [1.165, 1.54) is 5.56 Å². The molecule has 1 aromatic carbocycles. The van der Waals surface area contributed by atoms with Crippen LogP contribution in [0, 0.1) is 0 Å². The molecule has 2 aromatic rings. The molecular weight excluding hydrogens is 250 g/mol. The molecule has 0 aliphatic heterocycles. The minimum atomic E-state index is 0.0177. The van der Waals surface area contributed by atoms with Gasteiger partial charge in [-0.25, -0.2) is 0 Å². The number of rotatable bonds is 3. The number of methoxy groups -OCH3 is 1. The van der Waals surface area contributed by atoms with Gasteiger partial charge in [-0.3, -0.25) is 4.79 Å². The van der Waals surface area contributed by atoms with Gasteiger partial charge in [-0.05, 0) is 23.1 Å². The van der Waals surface area contributed by atoms with E-state index in [1.54, 1.807) is 7.11 Å². The van der Waals surface area contributed by atoms with Gasteiger partial charge in [0.25, 0.3) is 0 Å². The summed E-state index contributed by atoms with van der Waals surface area (Å²) < 4.78 is 7.51. The van der Waals surface area contributed by atoms with Gasteiger partial charge in [0.05, 0.1) is 12.6 Å². The Labute approximate surface area is 120 Å². The van der Waals surface area contributed by atoms with Crippen LogP contribution >= 0.6 is 0 Å². The zero-order valence-electron chi connectivity index (χ0n) is 13.2.